The summed E-state index contributed by atoms with van der Waals surface area (Å²) in [5.74, 6) is -1.41. The first-order chi connectivity index (χ1) is 20.0. The molecule has 0 saturated carbocycles. The summed E-state index contributed by atoms with van der Waals surface area (Å²) in [7, 11) is 0. The topological polar surface area (TPSA) is 136 Å². The number of aromatic nitrogens is 1. The molecule has 1 aromatic heterocycles. The van der Waals surface area contributed by atoms with Crippen molar-refractivity contribution in [3.63, 3.8) is 0 Å². The average molecular weight is 563 g/mol. The fraction of sp³-hybridized carbons (Fsp3) is 0.452. The van der Waals surface area contributed by atoms with Gasteiger partial charge in [0.15, 0.2) is 0 Å². The Morgan fingerprint density at radius 2 is 1.85 bits per heavy atom. The van der Waals surface area contributed by atoms with Crippen LogP contribution < -0.4 is 11.1 Å². The summed E-state index contributed by atoms with van der Waals surface area (Å²) in [6.07, 6.45) is 3.40. The summed E-state index contributed by atoms with van der Waals surface area (Å²) >= 11 is 0. The van der Waals surface area contributed by atoms with E-state index in [1.165, 1.54) is 5.56 Å². The minimum absolute atomic E-state index is 0.0241. The second kappa shape index (κ2) is 13.8. The van der Waals surface area contributed by atoms with Gasteiger partial charge in [0, 0.05) is 49.6 Å². The number of fused-ring (bicyclic) bond motifs is 2. The highest BCUT2D eigenvalue weighted by molar-refractivity contribution is 5.87. The molecule has 2 unspecified atom stereocenters. The van der Waals surface area contributed by atoms with Crippen LogP contribution >= 0.6 is 0 Å². The molecular weight excluding hydrogens is 524 g/mol. The highest BCUT2D eigenvalue weighted by Gasteiger charge is 2.31. The van der Waals surface area contributed by atoms with Crippen molar-refractivity contribution in [2.24, 2.45) is 5.73 Å². The highest BCUT2D eigenvalue weighted by atomic mass is 16.5. The zero-order valence-corrected chi connectivity index (χ0v) is 23.2. The van der Waals surface area contributed by atoms with Gasteiger partial charge >= 0.3 is 11.9 Å². The van der Waals surface area contributed by atoms with Crippen LogP contribution in [0, 0.1) is 0 Å². The Labute approximate surface area is 239 Å². The fourth-order valence-corrected chi connectivity index (χ4v) is 5.45. The molecule has 218 valence electrons. The van der Waals surface area contributed by atoms with E-state index in [4.69, 9.17) is 19.9 Å². The fourth-order valence-electron chi connectivity index (χ4n) is 5.45. The Morgan fingerprint density at radius 1 is 1.07 bits per heavy atom. The molecule has 0 spiro atoms. The number of ether oxygens (including phenoxy) is 3. The minimum Gasteiger partial charge on any atom is -0.463 e. The molecular formula is C31H38N4O6. The number of para-hydroxylation sites is 1. The second-order valence-electron chi connectivity index (χ2n) is 10.6. The number of amides is 1. The molecule has 1 saturated heterocycles. The van der Waals surface area contributed by atoms with Crippen molar-refractivity contribution < 1.29 is 28.6 Å². The van der Waals surface area contributed by atoms with Crippen LogP contribution in [0.25, 0.3) is 10.9 Å². The number of carbonyl (C=O) groups is 3. The molecule has 2 aliphatic rings. The standard InChI is InChI=1S/C31H38N4O6/c32-25(30(37)40-18-15-35-13-16-39-17-14-35)10-12-29(36)34-27(19-22-20-33-26-8-4-3-6-23(22)26)31(38)41-28-11-9-21-5-1-2-7-24(21)28/h1-8,20,25,27-28,33H,9-19,32H2,(H,34,36)/t25-,27?,28?/m1/s1. The molecule has 0 radical (unpaired) electrons. The lowest BCUT2D eigenvalue weighted by Gasteiger charge is -2.26. The zero-order chi connectivity index (χ0) is 28.6. The number of morpholine rings is 1. The van der Waals surface area contributed by atoms with Crippen molar-refractivity contribution in [1.82, 2.24) is 15.2 Å². The molecule has 2 heterocycles. The first-order valence-corrected chi connectivity index (χ1v) is 14.3. The zero-order valence-electron chi connectivity index (χ0n) is 23.2. The Bertz CT molecular complexity index is 1350. The van der Waals surface area contributed by atoms with Crippen molar-refractivity contribution in [1.29, 1.82) is 0 Å². The number of hydrogen-bond donors (Lipinski definition) is 3. The maximum absolute atomic E-state index is 13.4. The van der Waals surface area contributed by atoms with E-state index in [9.17, 15) is 14.4 Å². The molecule has 10 heteroatoms. The predicted molar refractivity (Wildman–Crippen MR) is 153 cm³/mol. The number of nitrogens with zero attached hydrogens (tertiary/aromatic N) is 1. The predicted octanol–water partition coefficient (Wildman–Crippen LogP) is 2.41. The first kappa shape index (κ1) is 28.8. The van der Waals surface area contributed by atoms with Gasteiger partial charge in [0.1, 0.15) is 24.8 Å². The Hall–Kier alpha value is -3.73. The average Bonchev–Trinajstić information content (AvgIpc) is 3.60. The van der Waals surface area contributed by atoms with Crippen LogP contribution in [0.2, 0.25) is 0 Å². The van der Waals surface area contributed by atoms with Crippen molar-refractivity contribution in [3.8, 4) is 0 Å². The Morgan fingerprint density at radius 3 is 2.71 bits per heavy atom. The molecule has 3 atom stereocenters. The van der Waals surface area contributed by atoms with Crippen LogP contribution in [0.5, 0.6) is 0 Å². The van der Waals surface area contributed by atoms with Crippen molar-refractivity contribution in [3.05, 3.63) is 71.4 Å². The largest absolute Gasteiger partial charge is 0.463 e. The molecule has 5 rings (SSSR count). The lowest BCUT2D eigenvalue weighted by molar-refractivity contribution is -0.153. The first-order valence-electron chi connectivity index (χ1n) is 14.3. The maximum Gasteiger partial charge on any atom is 0.329 e. The summed E-state index contributed by atoms with van der Waals surface area (Å²) in [5.41, 5.74) is 10.0. The lowest BCUT2D eigenvalue weighted by atomic mass is 10.0. The summed E-state index contributed by atoms with van der Waals surface area (Å²) < 4.78 is 16.6. The number of nitrogens with two attached hydrogens (primary N) is 1. The van der Waals surface area contributed by atoms with Gasteiger partial charge in [-0.1, -0.05) is 42.5 Å². The van der Waals surface area contributed by atoms with Gasteiger partial charge in [0.2, 0.25) is 5.91 Å². The van der Waals surface area contributed by atoms with E-state index < -0.39 is 24.0 Å². The molecule has 4 N–H and O–H groups in total. The number of aryl methyl sites for hydroxylation is 1. The van der Waals surface area contributed by atoms with Gasteiger partial charge in [-0.15, -0.1) is 0 Å². The van der Waals surface area contributed by atoms with Gasteiger partial charge in [-0.25, -0.2) is 4.79 Å². The third-order valence-electron chi connectivity index (χ3n) is 7.80. The van der Waals surface area contributed by atoms with Crippen LogP contribution in [-0.4, -0.2) is 79.3 Å². The molecule has 10 nitrogen and oxygen atoms in total. The van der Waals surface area contributed by atoms with E-state index in [1.807, 2.05) is 54.7 Å². The smallest absolute Gasteiger partial charge is 0.329 e. The van der Waals surface area contributed by atoms with Crippen molar-refractivity contribution in [2.75, 3.05) is 39.5 Å². The van der Waals surface area contributed by atoms with Crippen molar-refractivity contribution >= 4 is 28.7 Å². The number of rotatable bonds is 12. The molecule has 1 amide bonds. The van der Waals surface area contributed by atoms with Crippen LogP contribution in [-0.2, 0) is 41.4 Å². The molecule has 1 aliphatic heterocycles. The molecule has 0 bridgehead atoms. The monoisotopic (exact) mass is 562 g/mol. The van der Waals surface area contributed by atoms with Gasteiger partial charge < -0.3 is 30.2 Å². The molecule has 41 heavy (non-hydrogen) atoms. The summed E-state index contributed by atoms with van der Waals surface area (Å²) in [6, 6.07) is 13.9. The highest BCUT2D eigenvalue weighted by Crippen LogP contribution is 2.34. The van der Waals surface area contributed by atoms with Gasteiger partial charge in [-0.3, -0.25) is 14.5 Å². The van der Waals surface area contributed by atoms with E-state index >= 15 is 0 Å². The number of H-pyrrole nitrogens is 1. The van der Waals surface area contributed by atoms with Gasteiger partial charge in [0.05, 0.1) is 13.2 Å². The van der Waals surface area contributed by atoms with E-state index in [0.29, 0.717) is 26.2 Å². The van der Waals surface area contributed by atoms with Crippen LogP contribution in [0.1, 0.15) is 42.1 Å². The Balaban J connectivity index is 1.17. The number of aromatic amines is 1. The number of benzene rings is 2. The number of hydrogen-bond acceptors (Lipinski definition) is 8. The number of carbonyl (C=O) groups excluding carboxylic acids is 3. The second-order valence-corrected chi connectivity index (χ2v) is 10.6. The maximum atomic E-state index is 13.4. The van der Waals surface area contributed by atoms with E-state index in [2.05, 4.69) is 15.2 Å². The minimum atomic E-state index is -0.931. The number of esters is 2. The quantitative estimate of drug-likeness (QED) is 0.287. The van der Waals surface area contributed by atoms with Crippen LogP contribution in [0.15, 0.2) is 54.7 Å². The normalized spacial score (nSPS) is 18.4. The molecule has 3 aromatic rings. The Kier molecular flexibility index (Phi) is 9.66. The number of nitrogens with one attached hydrogen (secondary N) is 2. The third-order valence-corrected chi connectivity index (χ3v) is 7.80. The summed E-state index contributed by atoms with van der Waals surface area (Å²) in [4.78, 5) is 44.2. The lowest BCUT2D eigenvalue weighted by Crippen LogP contribution is -2.44. The third kappa shape index (κ3) is 7.52. The van der Waals surface area contributed by atoms with Gasteiger partial charge in [0.25, 0.3) is 0 Å². The van der Waals surface area contributed by atoms with Crippen LogP contribution in [0.3, 0.4) is 0 Å². The summed E-state index contributed by atoms with van der Waals surface area (Å²) in [5, 5.41) is 3.82. The van der Waals surface area contributed by atoms with Crippen LogP contribution in [0.4, 0.5) is 0 Å². The summed E-state index contributed by atoms with van der Waals surface area (Å²) in [6.45, 7) is 3.81. The molecule has 2 aromatic carbocycles. The molecule has 1 aliphatic carbocycles. The van der Waals surface area contributed by atoms with Gasteiger partial charge in [-0.05, 0) is 42.0 Å². The SMILES string of the molecule is N[C@H](CCC(=O)NC(Cc1c[nH]c2ccccc12)C(=O)OC1CCc2ccccc21)C(=O)OCCN1CCOCC1. The van der Waals surface area contributed by atoms with E-state index in [-0.39, 0.29) is 37.9 Å². The van der Waals surface area contributed by atoms with Gasteiger partial charge in [-0.2, -0.15) is 0 Å². The van der Waals surface area contributed by atoms with Crippen molar-refractivity contribution in [2.45, 2.75) is 50.3 Å². The van der Waals surface area contributed by atoms with E-state index in [0.717, 1.165) is 41.5 Å². The van der Waals surface area contributed by atoms with E-state index in [1.54, 1.807) is 0 Å². The molecule has 1 fully saturated rings.